The second-order valence-corrected chi connectivity index (χ2v) is 26.2. The van der Waals surface area contributed by atoms with Crippen LogP contribution in [0.25, 0.3) is 0 Å². The highest BCUT2D eigenvalue weighted by molar-refractivity contribution is 6.60. The first-order valence-corrected chi connectivity index (χ1v) is 36.6. The standard InChI is InChI=1S/C72H135NO3Si/c1-7-13-19-25-31-37-43-50-60-70(61-51-44-38-32-26-20-14-8-2)74-77(69-59-58-68-73-66-56-49-57-67-73,75-71(62-52-45-39-33-27-21-15-9-3)63-53-46-40-34-28-22-16-10-4)76-72(64-54-47-41-35-29-23-17-11-5)65-55-48-42-36-30-24-18-12-6/h31-42,70-72H,7-30,43-69H2,1-6H3/b37-31-,38-32-,39-33-,40-34-,41-35-,42-36-. The molecule has 1 heterocycles. The van der Waals surface area contributed by atoms with E-state index in [-0.39, 0.29) is 18.3 Å². The molecular formula is C72H135NO3Si. The number of likely N-dealkylation sites (tertiary alicyclic amines) is 1. The van der Waals surface area contributed by atoms with Crippen LogP contribution in [0, 0.1) is 0 Å². The van der Waals surface area contributed by atoms with Crippen LogP contribution in [0.15, 0.2) is 72.9 Å². The third-order valence-corrected chi connectivity index (χ3v) is 19.0. The molecule has 0 atom stereocenters. The summed E-state index contributed by atoms with van der Waals surface area (Å²) in [4.78, 5) is 2.74. The Bertz CT molecular complexity index is 1140. The molecule has 5 heteroatoms. The lowest BCUT2D eigenvalue weighted by molar-refractivity contribution is -0.0324. The molecule has 1 saturated heterocycles. The van der Waals surface area contributed by atoms with Crippen molar-refractivity contribution in [3.63, 3.8) is 0 Å². The molecule has 0 amide bonds. The molecule has 77 heavy (non-hydrogen) atoms. The Morgan fingerprint density at radius 1 is 0.286 bits per heavy atom. The molecule has 0 aromatic rings. The van der Waals surface area contributed by atoms with Crippen molar-refractivity contribution in [1.29, 1.82) is 0 Å². The minimum Gasteiger partial charge on any atom is -0.370 e. The van der Waals surface area contributed by atoms with Gasteiger partial charge in [0.15, 0.2) is 0 Å². The van der Waals surface area contributed by atoms with Crippen LogP contribution in [0.4, 0.5) is 0 Å². The molecule has 0 aromatic carbocycles. The Balaban J connectivity index is 3.84. The molecule has 0 aromatic heterocycles. The van der Waals surface area contributed by atoms with Gasteiger partial charge in [0.2, 0.25) is 0 Å². The first kappa shape index (κ1) is 73.5. The van der Waals surface area contributed by atoms with Gasteiger partial charge in [-0.25, -0.2) is 0 Å². The number of unbranched alkanes of at least 4 members (excludes halogenated alkanes) is 25. The van der Waals surface area contributed by atoms with Gasteiger partial charge < -0.3 is 18.2 Å². The first-order chi connectivity index (χ1) is 38.1. The van der Waals surface area contributed by atoms with E-state index in [2.05, 4.69) is 119 Å². The number of rotatable bonds is 59. The number of nitrogens with zero attached hydrogens (tertiary/aromatic N) is 1. The normalized spacial score (nSPS) is 14.3. The summed E-state index contributed by atoms with van der Waals surface area (Å²) in [6, 6.07) is 0.947. The Hall–Kier alpha value is -1.50. The van der Waals surface area contributed by atoms with Crippen molar-refractivity contribution in [2.45, 2.75) is 368 Å². The SMILES string of the molecule is CCCCC/C=C\CCCC(CCC/C=C\CCCCC)O[Si](CCCCN1CCCCC1)(OC(CCC/C=C\CCCCC)CCC/C=C\CCCCC)OC(CCC/C=C\CCCCC)CCC/C=C\CCCCC. The van der Waals surface area contributed by atoms with Crippen molar-refractivity contribution in [3.05, 3.63) is 72.9 Å². The van der Waals surface area contributed by atoms with E-state index in [0.29, 0.717) is 0 Å². The molecule has 1 rings (SSSR count). The van der Waals surface area contributed by atoms with E-state index in [1.807, 2.05) is 0 Å². The molecule has 4 nitrogen and oxygen atoms in total. The van der Waals surface area contributed by atoms with Crippen LogP contribution in [-0.2, 0) is 13.3 Å². The van der Waals surface area contributed by atoms with Gasteiger partial charge in [0.05, 0.1) is 0 Å². The lowest BCUT2D eigenvalue weighted by Crippen LogP contribution is -2.53. The maximum Gasteiger partial charge on any atom is 0.501 e. The quantitative estimate of drug-likeness (QED) is 0.0345. The third-order valence-electron chi connectivity index (χ3n) is 15.9. The maximum atomic E-state index is 8.02. The largest absolute Gasteiger partial charge is 0.501 e. The molecule has 0 unspecified atom stereocenters. The zero-order chi connectivity index (χ0) is 55.5. The number of hydrogen-bond donors (Lipinski definition) is 0. The van der Waals surface area contributed by atoms with Crippen LogP contribution in [-0.4, -0.2) is 51.7 Å². The minimum atomic E-state index is -3.24. The van der Waals surface area contributed by atoms with E-state index in [1.165, 1.54) is 238 Å². The number of hydrogen-bond acceptors (Lipinski definition) is 4. The predicted octanol–water partition coefficient (Wildman–Crippen LogP) is 24.2. The third kappa shape index (κ3) is 48.9. The molecule has 1 aliphatic rings. The Morgan fingerprint density at radius 2 is 0.519 bits per heavy atom. The number of piperidine rings is 1. The van der Waals surface area contributed by atoms with E-state index in [9.17, 15) is 0 Å². The van der Waals surface area contributed by atoms with Crippen LogP contribution < -0.4 is 0 Å². The molecule has 0 spiro atoms. The van der Waals surface area contributed by atoms with Gasteiger partial charge in [0.1, 0.15) is 0 Å². The fraction of sp³-hybridized carbons (Fsp3) is 0.833. The fourth-order valence-electron chi connectivity index (χ4n) is 10.9. The monoisotopic (exact) mass is 1090 g/mol. The van der Waals surface area contributed by atoms with Crippen molar-refractivity contribution in [1.82, 2.24) is 4.90 Å². The highest BCUT2D eigenvalue weighted by Crippen LogP contribution is 2.33. The highest BCUT2D eigenvalue weighted by atomic mass is 28.4. The van der Waals surface area contributed by atoms with Crippen LogP contribution >= 0.6 is 0 Å². The van der Waals surface area contributed by atoms with E-state index in [1.54, 1.807) is 0 Å². The Kier molecular flexibility index (Phi) is 56.4. The van der Waals surface area contributed by atoms with Crippen molar-refractivity contribution in [2.24, 2.45) is 0 Å². The zero-order valence-corrected chi connectivity index (χ0v) is 53.9. The van der Waals surface area contributed by atoms with Gasteiger partial charge in [-0.3, -0.25) is 0 Å². The predicted molar refractivity (Wildman–Crippen MR) is 348 cm³/mol. The van der Waals surface area contributed by atoms with Crippen molar-refractivity contribution >= 4 is 8.80 Å². The van der Waals surface area contributed by atoms with E-state index in [4.69, 9.17) is 13.3 Å². The van der Waals surface area contributed by atoms with Crippen molar-refractivity contribution in [2.75, 3.05) is 19.6 Å². The average Bonchev–Trinajstić information content (AvgIpc) is 3.44. The second kappa shape index (κ2) is 59.1. The second-order valence-electron chi connectivity index (χ2n) is 23.7. The lowest BCUT2D eigenvalue weighted by Gasteiger charge is -2.39. The summed E-state index contributed by atoms with van der Waals surface area (Å²) < 4.78 is 24.1. The fourth-order valence-corrected chi connectivity index (χ4v) is 14.4. The molecule has 0 saturated carbocycles. The van der Waals surface area contributed by atoms with E-state index in [0.717, 1.165) is 89.5 Å². The van der Waals surface area contributed by atoms with Gasteiger partial charge in [-0.2, -0.15) is 0 Å². The van der Waals surface area contributed by atoms with Crippen LogP contribution in [0.3, 0.4) is 0 Å². The molecule has 450 valence electrons. The summed E-state index contributed by atoms with van der Waals surface area (Å²) in [6.07, 6.45) is 87.6. The average molecular weight is 1090 g/mol. The summed E-state index contributed by atoms with van der Waals surface area (Å²) in [5.41, 5.74) is 0. The van der Waals surface area contributed by atoms with Gasteiger partial charge in [0, 0.05) is 24.4 Å². The lowest BCUT2D eigenvalue weighted by atomic mass is 10.1. The van der Waals surface area contributed by atoms with Crippen LogP contribution in [0.1, 0.15) is 343 Å². The zero-order valence-electron chi connectivity index (χ0n) is 52.9. The number of allylic oxidation sites excluding steroid dienone is 12. The van der Waals surface area contributed by atoms with Gasteiger partial charge in [0.25, 0.3) is 0 Å². The van der Waals surface area contributed by atoms with Crippen LogP contribution in [0.2, 0.25) is 6.04 Å². The summed E-state index contributed by atoms with van der Waals surface area (Å²) in [7, 11) is -3.24. The minimum absolute atomic E-state index is 0.154. The Morgan fingerprint density at radius 3 is 0.753 bits per heavy atom. The van der Waals surface area contributed by atoms with Gasteiger partial charge in [-0.05, 0) is 238 Å². The molecule has 1 aliphatic heterocycles. The molecular weight excluding hydrogens is 955 g/mol. The first-order valence-electron chi connectivity index (χ1n) is 34.7. The molecule has 0 N–H and O–H groups in total. The summed E-state index contributed by atoms with van der Waals surface area (Å²) in [5, 5.41) is 0. The molecule has 0 radical (unpaired) electrons. The molecule has 1 fully saturated rings. The topological polar surface area (TPSA) is 30.9 Å². The highest BCUT2D eigenvalue weighted by Gasteiger charge is 2.46. The maximum absolute atomic E-state index is 8.02. The Labute approximate surface area is 484 Å². The van der Waals surface area contributed by atoms with E-state index >= 15 is 0 Å². The van der Waals surface area contributed by atoms with Gasteiger partial charge in [-0.15, -0.1) is 0 Å². The van der Waals surface area contributed by atoms with E-state index < -0.39 is 8.80 Å². The molecule has 0 bridgehead atoms. The van der Waals surface area contributed by atoms with Gasteiger partial charge in [-0.1, -0.05) is 198 Å². The van der Waals surface area contributed by atoms with Crippen molar-refractivity contribution in [3.8, 4) is 0 Å². The summed E-state index contributed by atoms with van der Waals surface area (Å²) in [5.74, 6) is 0. The smallest absolute Gasteiger partial charge is 0.370 e. The van der Waals surface area contributed by atoms with Crippen molar-refractivity contribution < 1.29 is 13.3 Å². The van der Waals surface area contributed by atoms with Gasteiger partial charge >= 0.3 is 8.80 Å². The molecule has 0 aliphatic carbocycles. The van der Waals surface area contributed by atoms with Crippen LogP contribution in [0.5, 0.6) is 0 Å². The summed E-state index contributed by atoms with van der Waals surface area (Å²) >= 11 is 0. The summed E-state index contributed by atoms with van der Waals surface area (Å²) in [6.45, 7) is 17.6.